The summed E-state index contributed by atoms with van der Waals surface area (Å²) in [6.07, 6.45) is 9.87. The van der Waals surface area contributed by atoms with Crippen LogP contribution in [0.1, 0.15) is 69.3 Å². The number of hydrogen-bond acceptors (Lipinski definition) is 5. The molecule has 2 fully saturated rings. The van der Waals surface area contributed by atoms with Crippen molar-refractivity contribution in [1.29, 1.82) is 0 Å². The predicted molar refractivity (Wildman–Crippen MR) is 171 cm³/mol. The molecule has 2 saturated carbocycles. The van der Waals surface area contributed by atoms with E-state index in [-0.39, 0.29) is 17.0 Å². The highest BCUT2D eigenvalue weighted by Gasteiger charge is 2.27. The zero-order valence-corrected chi connectivity index (χ0v) is 25.5. The lowest BCUT2D eigenvalue weighted by atomic mass is 9.77. The number of nitrogens with zero attached hydrogens (tertiary/aromatic N) is 4. The van der Waals surface area contributed by atoms with Crippen LogP contribution in [0.2, 0.25) is 5.02 Å². The first-order valence-corrected chi connectivity index (χ1v) is 15.9. The van der Waals surface area contributed by atoms with Gasteiger partial charge in [0.1, 0.15) is 5.75 Å². The maximum absolute atomic E-state index is 13.3. The monoisotopic (exact) mass is 598 g/mol. The van der Waals surface area contributed by atoms with Gasteiger partial charge in [-0.1, -0.05) is 43.0 Å². The van der Waals surface area contributed by atoms with E-state index in [0.29, 0.717) is 29.9 Å². The van der Waals surface area contributed by atoms with Gasteiger partial charge in [-0.15, -0.1) is 0 Å². The summed E-state index contributed by atoms with van der Waals surface area (Å²) in [6.45, 7) is 1.27. The molecule has 0 N–H and O–H groups in total. The minimum atomic E-state index is -0.0878. The summed E-state index contributed by atoms with van der Waals surface area (Å²) in [4.78, 5) is 26.1. The van der Waals surface area contributed by atoms with Crippen molar-refractivity contribution < 1.29 is 4.74 Å². The highest BCUT2D eigenvalue weighted by molar-refractivity contribution is 6.30. The molecule has 2 aliphatic carbocycles. The molecule has 6 rings (SSSR count). The summed E-state index contributed by atoms with van der Waals surface area (Å²) < 4.78 is 8.57. The second-order valence-corrected chi connectivity index (χ2v) is 12.6. The lowest BCUT2D eigenvalue weighted by Crippen LogP contribution is -2.30. The van der Waals surface area contributed by atoms with Crippen LogP contribution < -0.4 is 15.9 Å². The SMILES string of the molecule is COc1ccc(-c2ccc(=O)n(CC3CCC(c4cc(=O)n(CC5CCCCC5)nc4-c4ccc(Cl)cc4)CC3)n2)cc1. The first-order valence-electron chi connectivity index (χ1n) is 15.6. The van der Waals surface area contributed by atoms with Gasteiger partial charge in [-0.05, 0) is 104 Å². The van der Waals surface area contributed by atoms with Crippen molar-refractivity contribution in [2.75, 3.05) is 7.11 Å². The van der Waals surface area contributed by atoms with Crippen molar-refractivity contribution in [3.63, 3.8) is 0 Å². The van der Waals surface area contributed by atoms with Gasteiger partial charge < -0.3 is 4.74 Å². The Morgan fingerprint density at radius 2 is 1.35 bits per heavy atom. The minimum absolute atomic E-state index is 0.00786. The Hall–Kier alpha value is -3.71. The summed E-state index contributed by atoms with van der Waals surface area (Å²) in [5.41, 5.74) is 4.52. The van der Waals surface area contributed by atoms with E-state index in [1.165, 1.54) is 19.3 Å². The van der Waals surface area contributed by atoms with Crippen LogP contribution >= 0.6 is 11.6 Å². The molecular formula is C35H39ClN4O3. The second-order valence-electron chi connectivity index (χ2n) is 12.2. The van der Waals surface area contributed by atoms with Crippen LogP contribution in [0, 0.1) is 11.8 Å². The summed E-state index contributed by atoms with van der Waals surface area (Å²) >= 11 is 6.21. The van der Waals surface area contributed by atoms with Gasteiger partial charge in [0.2, 0.25) is 0 Å². The Morgan fingerprint density at radius 1 is 0.721 bits per heavy atom. The fourth-order valence-corrected chi connectivity index (χ4v) is 6.91. The van der Waals surface area contributed by atoms with E-state index >= 15 is 0 Å². The van der Waals surface area contributed by atoms with E-state index in [1.807, 2.05) is 54.6 Å². The van der Waals surface area contributed by atoms with Crippen LogP contribution in [-0.4, -0.2) is 26.7 Å². The molecule has 0 bridgehead atoms. The third-order valence-electron chi connectivity index (χ3n) is 9.27. The van der Waals surface area contributed by atoms with Gasteiger partial charge in [-0.3, -0.25) is 9.59 Å². The molecule has 0 atom stereocenters. The van der Waals surface area contributed by atoms with Gasteiger partial charge in [0, 0.05) is 41.4 Å². The number of hydrogen-bond donors (Lipinski definition) is 0. The third kappa shape index (κ3) is 6.93. The molecule has 43 heavy (non-hydrogen) atoms. The summed E-state index contributed by atoms with van der Waals surface area (Å²) in [5, 5.41) is 10.4. The molecule has 0 saturated heterocycles. The first kappa shape index (κ1) is 29.4. The van der Waals surface area contributed by atoms with Crippen LogP contribution in [0.25, 0.3) is 22.5 Å². The lowest BCUT2D eigenvalue weighted by Gasteiger charge is -2.30. The number of benzene rings is 2. The van der Waals surface area contributed by atoms with Crippen molar-refractivity contribution in [2.24, 2.45) is 11.8 Å². The Bertz CT molecular complexity index is 1650. The maximum atomic E-state index is 13.3. The smallest absolute Gasteiger partial charge is 0.267 e. The molecule has 7 nitrogen and oxygen atoms in total. The highest BCUT2D eigenvalue weighted by atomic mass is 35.5. The summed E-state index contributed by atoms with van der Waals surface area (Å²) in [7, 11) is 1.64. The van der Waals surface area contributed by atoms with Gasteiger partial charge in [-0.2, -0.15) is 10.2 Å². The molecule has 0 amide bonds. The average Bonchev–Trinajstić information content (AvgIpc) is 3.04. The molecule has 8 heteroatoms. The van der Waals surface area contributed by atoms with Crippen LogP contribution in [0.4, 0.5) is 0 Å². The van der Waals surface area contributed by atoms with Crippen LogP contribution in [0.5, 0.6) is 5.75 Å². The molecule has 224 valence electrons. The molecule has 0 radical (unpaired) electrons. The molecule has 2 aliphatic rings. The molecule has 4 aromatic rings. The summed E-state index contributed by atoms with van der Waals surface area (Å²) in [6, 6.07) is 20.7. The van der Waals surface area contributed by atoms with Crippen molar-refractivity contribution in [1.82, 2.24) is 19.6 Å². The number of halogens is 1. The molecule has 0 aliphatic heterocycles. The number of ether oxygens (including phenoxy) is 1. The third-order valence-corrected chi connectivity index (χ3v) is 9.52. The van der Waals surface area contributed by atoms with E-state index < -0.39 is 0 Å². The molecule has 0 unspecified atom stereocenters. The van der Waals surface area contributed by atoms with E-state index in [1.54, 1.807) is 28.6 Å². The zero-order chi connectivity index (χ0) is 29.8. The number of aromatic nitrogens is 4. The fourth-order valence-electron chi connectivity index (χ4n) is 6.79. The van der Waals surface area contributed by atoms with Gasteiger partial charge in [0.15, 0.2) is 0 Å². The standard InChI is InChI=1S/C35H39ClN4O3/c1-43-30-17-13-27(14-18-30)32-19-20-33(41)39(37-32)23-25-7-9-26(10-8-25)31-21-34(42)40(22-24-5-3-2-4-6-24)38-35(31)28-11-15-29(36)16-12-28/h11-21,24-26H,2-10,22-23H2,1H3. The van der Waals surface area contributed by atoms with E-state index in [0.717, 1.165) is 72.4 Å². The van der Waals surface area contributed by atoms with E-state index in [9.17, 15) is 9.59 Å². The Labute approximate surface area is 257 Å². The molecule has 2 aromatic carbocycles. The molecule has 2 aromatic heterocycles. The van der Waals surface area contributed by atoms with E-state index in [2.05, 4.69) is 0 Å². The quantitative estimate of drug-likeness (QED) is 0.212. The Kier molecular flexibility index (Phi) is 9.08. The van der Waals surface area contributed by atoms with Gasteiger partial charge in [-0.25, -0.2) is 9.36 Å². The fraction of sp³-hybridized carbons (Fsp3) is 0.429. The first-order chi connectivity index (χ1) is 21.0. The topological polar surface area (TPSA) is 79.0 Å². The van der Waals surface area contributed by atoms with Gasteiger partial charge in [0.05, 0.1) is 18.5 Å². The second kappa shape index (κ2) is 13.3. The summed E-state index contributed by atoms with van der Waals surface area (Å²) in [5.74, 6) is 1.87. The predicted octanol–water partition coefficient (Wildman–Crippen LogP) is 7.35. The van der Waals surface area contributed by atoms with Gasteiger partial charge in [0.25, 0.3) is 11.1 Å². The Balaban J connectivity index is 1.19. The number of methoxy groups -OCH3 is 1. The van der Waals surface area contributed by atoms with Crippen LogP contribution in [0.15, 0.2) is 76.3 Å². The van der Waals surface area contributed by atoms with E-state index in [4.69, 9.17) is 26.5 Å². The van der Waals surface area contributed by atoms with Crippen LogP contribution in [-0.2, 0) is 13.1 Å². The Morgan fingerprint density at radius 3 is 2.02 bits per heavy atom. The largest absolute Gasteiger partial charge is 0.497 e. The van der Waals surface area contributed by atoms with Crippen molar-refractivity contribution in [2.45, 2.75) is 76.8 Å². The lowest BCUT2D eigenvalue weighted by molar-refractivity contribution is 0.279. The zero-order valence-electron chi connectivity index (χ0n) is 24.8. The van der Waals surface area contributed by atoms with Crippen molar-refractivity contribution >= 4 is 11.6 Å². The van der Waals surface area contributed by atoms with Crippen molar-refractivity contribution in [3.8, 4) is 28.3 Å². The van der Waals surface area contributed by atoms with Gasteiger partial charge >= 0.3 is 0 Å². The normalized spacial score (nSPS) is 19.3. The number of rotatable bonds is 8. The maximum Gasteiger partial charge on any atom is 0.267 e. The minimum Gasteiger partial charge on any atom is -0.497 e. The molecule has 2 heterocycles. The van der Waals surface area contributed by atoms with Crippen molar-refractivity contribution in [3.05, 3.63) is 98.0 Å². The average molecular weight is 599 g/mol. The molecule has 0 spiro atoms. The van der Waals surface area contributed by atoms with Crippen LogP contribution in [0.3, 0.4) is 0 Å². The molecular weight excluding hydrogens is 560 g/mol. The highest BCUT2D eigenvalue weighted by Crippen LogP contribution is 2.39.